The van der Waals surface area contributed by atoms with Crippen molar-refractivity contribution in [1.82, 2.24) is 5.32 Å². The fraction of sp³-hybridized carbons (Fsp3) is 0.417. The number of nitrogens with one attached hydrogen (secondary N) is 2. The first-order valence-corrected chi connectivity index (χ1v) is 5.70. The molecule has 0 bridgehead atoms. The van der Waals surface area contributed by atoms with Gasteiger partial charge in [-0.1, -0.05) is 13.8 Å². The maximum absolute atomic E-state index is 11.4. The normalized spacial score (nSPS) is 10.2. The number of nitrogens with zero attached hydrogens (tertiary/aromatic N) is 1. The number of hydrogen-bond acceptors (Lipinski definition) is 4. The molecule has 0 saturated heterocycles. The molecule has 0 fully saturated rings. The Morgan fingerprint density at radius 3 is 2.61 bits per heavy atom. The molecule has 0 heterocycles. The molecule has 0 aliphatic carbocycles. The van der Waals surface area contributed by atoms with Crippen LogP contribution in [0.2, 0.25) is 0 Å². The molecule has 0 atom stereocenters. The molecular formula is C12H17N3O3. The molecule has 0 aromatic heterocycles. The molecular weight excluding hydrogens is 234 g/mol. The summed E-state index contributed by atoms with van der Waals surface area (Å²) in [5.41, 5.74) is 0.623. The number of nitro benzene ring substituents is 1. The van der Waals surface area contributed by atoms with Crippen molar-refractivity contribution >= 4 is 17.3 Å². The second kappa shape index (κ2) is 6.00. The van der Waals surface area contributed by atoms with E-state index in [1.54, 1.807) is 12.1 Å². The number of amides is 1. The average Bonchev–Trinajstić information content (AvgIpc) is 2.34. The second-order valence-electron chi connectivity index (χ2n) is 4.34. The number of carbonyl (C=O) groups excluding carboxylic acids is 1. The molecule has 2 N–H and O–H groups in total. The largest absolute Gasteiger partial charge is 0.379 e. The molecule has 1 rings (SSSR count). The summed E-state index contributed by atoms with van der Waals surface area (Å²) < 4.78 is 0. The summed E-state index contributed by atoms with van der Waals surface area (Å²) in [7, 11) is 1.49. The van der Waals surface area contributed by atoms with Gasteiger partial charge in [0.2, 0.25) is 0 Å². The van der Waals surface area contributed by atoms with Crippen LogP contribution in [0.5, 0.6) is 0 Å². The maximum Gasteiger partial charge on any atom is 0.293 e. The van der Waals surface area contributed by atoms with E-state index in [1.165, 1.54) is 13.1 Å². The molecule has 98 valence electrons. The molecule has 0 spiro atoms. The van der Waals surface area contributed by atoms with Gasteiger partial charge in [0.25, 0.3) is 11.6 Å². The molecule has 6 nitrogen and oxygen atoms in total. The second-order valence-corrected chi connectivity index (χ2v) is 4.34. The van der Waals surface area contributed by atoms with Crippen LogP contribution in [0.4, 0.5) is 11.4 Å². The summed E-state index contributed by atoms with van der Waals surface area (Å²) in [4.78, 5) is 21.9. The quantitative estimate of drug-likeness (QED) is 0.619. The highest BCUT2D eigenvalue weighted by molar-refractivity contribution is 5.95. The smallest absolute Gasteiger partial charge is 0.293 e. The maximum atomic E-state index is 11.4. The number of benzene rings is 1. The monoisotopic (exact) mass is 251 g/mol. The van der Waals surface area contributed by atoms with Crippen LogP contribution in [0.15, 0.2) is 18.2 Å². The number of anilines is 1. The van der Waals surface area contributed by atoms with E-state index in [2.05, 4.69) is 10.6 Å². The van der Waals surface area contributed by atoms with Crippen LogP contribution in [0.25, 0.3) is 0 Å². The third kappa shape index (κ3) is 3.44. The fourth-order valence-electron chi connectivity index (χ4n) is 1.43. The SMILES string of the molecule is CNC(=O)c1ccc(NCC(C)C)c([N+](=O)[O-])c1. The van der Waals surface area contributed by atoms with Crippen molar-refractivity contribution in [2.24, 2.45) is 5.92 Å². The Balaban J connectivity index is 3.04. The summed E-state index contributed by atoms with van der Waals surface area (Å²) in [6.07, 6.45) is 0. The van der Waals surface area contributed by atoms with Gasteiger partial charge in [-0.05, 0) is 18.1 Å². The zero-order chi connectivity index (χ0) is 13.7. The molecule has 18 heavy (non-hydrogen) atoms. The van der Waals surface area contributed by atoms with Crippen LogP contribution in [0, 0.1) is 16.0 Å². The van der Waals surface area contributed by atoms with Gasteiger partial charge in [0, 0.05) is 25.2 Å². The molecule has 0 unspecified atom stereocenters. The highest BCUT2D eigenvalue weighted by Gasteiger charge is 2.16. The van der Waals surface area contributed by atoms with Crippen LogP contribution >= 0.6 is 0 Å². The predicted molar refractivity (Wildman–Crippen MR) is 69.8 cm³/mol. The molecule has 6 heteroatoms. The minimum absolute atomic E-state index is 0.0863. The van der Waals surface area contributed by atoms with Gasteiger partial charge in [0.1, 0.15) is 5.69 Å². The standard InChI is InChI=1S/C12H17N3O3/c1-8(2)7-14-10-5-4-9(12(16)13-3)6-11(10)15(17)18/h4-6,8,14H,7H2,1-3H3,(H,13,16). The molecule has 0 radical (unpaired) electrons. The molecule has 1 amide bonds. The molecule has 1 aromatic carbocycles. The first-order chi connectivity index (χ1) is 8.45. The Morgan fingerprint density at radius 2 is 2.11 bits per heavy atom. The van der Waals surface area contributed by atoms with Crippen molar-refractivity contribution in [2.75, 3.05) is 18.9 Å². The summed E-state index contributed by atoms with van der Waals surface area (Å²) in [6, 6.07) is 4.40. The highest BCUT2D eigenvalue weighted by atomic mass is 16.6. The lowest BCUT2D eigenvalue weighted by Crippen LogP contribution is -2.18. The van der Waals surface area contributed by atoms with Crippen molar-refractivity contribution in [3.8, 4) is 0 Å². The minimum atomic E-state index is -0.491. The lowest BCUT2D eigenvalue weighted by molar-refractivity contribution is -0.384. The van der Waals surface area contributed by atoms with Crippen LogP contribution in [0.1, 0.15) is 24.2 Å². The Kier molecular flexibility index (Phi) is 4.65. The lowest BCUT2D eigenvalue weighted by atomic mass is 10.1. The highest BCUT2D eigenvalue weighted by Crippen LogP contribution is 2.25. The first kappa shape index (κ1) is 14.0. The van der Waals surface area contributed by atoms with Gasteiger partial charge in [-0.15, -0.1) is 0 Å². The number of nitro groups is 1. The molecule has 1 aromatic rings. The van der Waals surface area contributed by atoms with E-state index in [0.717, 1.165) is 0 Å². The van der Waals surface area contributed by atoms with Gasteiger partial charge < -0.3 is 10.6 Å². The van der Waals surface area contributed by atoms with Gasteiger partial charge in [0.15, 0.2) is 0 Å². The Bertz CT molecular complexity index is 458. The van der Waals surface area contributed by atoms with Crippen LogP contribution in [-0.4, -0.2) is 24.4 Å². The van der Waals surface area contributed by atoms with Crippen molar-refractivity contribution in [1.29, 1.82) is 0 Å². The van der Waals surface area contributed by atoms with Crippen molar-refractivity contribution < 1.29 is 9.72 Å². The Morgan fingerprint density at radius 1 is 1.44 bits per heavy atom. The number of rotatable bonds is 5. The van der Waals surface area contributed by atoms with E-state index >= 15 is 0 Å². The third-order valence-corrected chi connectivity index (χ3v) is 2.38. The summed E-state index contributed by atoms with van der Waals surface area (Å²) in [6.45, 7) is 4.66. The van der Waals surface area contributed by atoms with E-state index in [1.807, 2.05) is 13.8 Å². The van der Waals surface area contributed by atoms with Crippen LogP contribution in [0.3, 0.4) is 0 Å². The van der Waals surface area contributed by atoms with E-state index in [4.69, 9.17) is 0 Å². The first-order valence-electron chi connectivity index (χ1n) is 5.70. The van der Waals surface area contributed by atoms with E-state index in [-0.39, 0.29) is 17.2 Å². The zero-order valence-electron chi connectivity index (χ0n) is 10.7. The van der Waals surface area contributed by atoms with E-state index in [9.17, 15) is 14.9 Å². The minimum Gasteiger partial charge on any atom is -0.379 e. The van der Waals surface area contributed by atoms with Gasteiger partial charge in [-0.25, -0.2) is 0 Å². The number of hydrogen-bond donors (Lipinski definition) is 2. The topological polar surface area (TPSA) is 84.3 Å². The Labute approximate surface area is 106 Å². The summed E-state index contributed by atoms with van der Waals surface area (Å²) in [5, 5.41) is 16.4. The zero-order valence-corrected chi connectivity index (χ0v) is 10.7. The van der Waals surface area contributed by atoms with Gasteiger partial charge >= 0.3 is 0 Å². The van der Waals surface area contributed by atoms with Crippen LogP contribution < -0.4 is 10.6 Å². The van der Waals surface area contributed by atoms with E-state index < -0.39 is 4.92 Å². The predicted octanol–water partition coefficient (Wildman–Crippen LogP) is 2.02. The van der Waals surface area contributed by atoms with Crippen molar-refractivity contribution in [2.45, 2.75) is 13.8 Å². The van der Waals surface area contributed by atoms with Crippen molar-refractivity contribution in [3.63, 3.8) is 0 Å². The summed E-state index contributed by atoms with van der Waals surface area (Å²) >= 11 is 0. The van der Waals surface area contributed by atoms with Crippen molar-refractivity contribution in [3.05, 3.63) is 33.9 Å². The molecule has 0 saturated carbocycles. The molecule has 0 aliphatic heterocycles. The fourth-order valence-corrected chi connectivity index (χ4v) is 1.43. The Hall–Kier alpha value is -2.11. The summed E-state index contributed by atoms with van der Waals surface area (Å²) in [5.74, 6) is 0.0386. The van der Waals surface area contributed by atoms with Gasteiger partial charge in [-0.3, -0.25) is 14.9 Å². The average molecular weight is 251 g/mol. The van der Waals surface area contributed by atoms with E-state index in [0.29, 0.717) is 18.2 Å². The van der Waals surface area contributed by atoms with Gasteiger partial charge in [-0.2, -0.15) is 0 Å². The number of carbonyl (C=O) groups is 1. The van der Waals surface area contributed by atoms with Crippen LogP contribution in [-0.2, 0) is 0 Å². The molecule has 0 aliphatic rings. The third-order valence-electron chi connectivity index (χ3n) is 2.38. The lowest BCUT2D eigenvalue weighted by Gasteiger charge is -2.10. The van der Waals surface area contributed by atoms with Gasteiger partial charge in [0.05, 0.1) is 4.92 Å².